The number of hydrogen-bond acceptors (Lipinski definition) is 10. The summed E-state index contributed by atoms with van der Waals surface area (Å²) in [5, 5.41) is 21.9. The van der Waals surface area contributed by atoms with E-state index in [0.29, 0.717) is 29.6 Å². The maximum Gasteiger partial charge on any atom is 0.331 e. The summed E-state index contributed by atoms with van der Waals surface area (Å²) in [5.41, 5.74) is 1.83. The van der Waals surface area contributed by atoms with Gasteiger partial charge >= 0.3 is 23.9 Å². The number of allylic oxidation sites excluding steroid dienone is 1. The van der Waals surface area contributed by atoms with Crippen molar-refractivity contribution in [2.24, 2.45) is 11.3 Å². The molecular formula is C35H44O10. The third-order valence-corrected chi connectivity index (χ3v) is 8.52. The molecule has 0 aliphatic heterocycles. The number of rotatable bonds is 7. The predicted molar refractivity (Wildman–Crippen MR) is 166 cm³/mol. The Hall–Kier alpha value is -4.02. The van der Waals surface area contributed by atoms with Crippen molar-refractivity contribution in [3.63, 3.8) is 0 Å². The normalized spacial score (nSPS) is 28.2. The number of aliphatic hydroxyl groups is 2. The molecule has 0 saturated carbocycles. The molecule has 10 nitrogen and oxygen atoms in total. The van der Waals surface area contributed by atoms with Crippen molar-refractivity contribution in [2.45, 2.75) is 92.1 Å². The van der Waals surface area contributed by atoms with Gasteiger partial charge in [0.25, 0.3) is 0 Å². The summed E-state index contributed by atoms with van der Waals surface area (Å²) in [6, 6.07) is 9.17. The quantitative estimate of drug-likeness (QED) is 0.189. The van der Waals surface area contributed by atoms with Crippen molar-refractivity contribution >= 4 is 30.0 Å². The first-order valence-electron chi connectivity index (χ1n) is 15.0. The summed E-state index contributed by atoms with van der Waals surface area (Å²) in [7, 11) is 0. The highest BCUT2D eigenvalue weighted by Gasteiger charge is 2.48. The highest BCUT2D eigenvalue weighted by molar-refractivity contribution is 5.87. The van der Waals surface area contributed by atoms with Gasteiger partial charge in [0.05, 0.1) is 12.7 Å². The minimum atomic E-state index is -1.35. The SMILES string of the molecule is CC(=O)O/C1=C(\C)[C@H](O)C[C@H](OC(=O)/C=C/c2ccccc2)/C(CO)=C/C[C@@H]2C[C@H](OC(C)=O)C(C)=C([C@H]1OC(C)=O)C2(C)C. The standard InChI is InChI=1S/C35H44O10/c1-20-28(40)18-30(45-31(41)16-13-25-11-9-8-10-12-25)26(19-36)14-15-27-17-29(42-22(3)37)21(2)32(35(27,6)7)34(44-24(5)39)33(20)43-23(4)38/h8-14,16,27-30,34,36,40H,15,17-19H2,1-7H3/b16-13+,26-14+,33-20+/t27-,28-,29+,30+,34-/m1/s1. The number of ether oxygens (including phenoxy) is 4. The first kappa shape index (κ1) is 35.5. The Morgan fingerprint density at radius 1 is 0.889 bits per heavy atom. The molecule has 0 fully saturated rings. The Labute approximate surface area is 264 Å². The smallest absolute Gasteiger partial charge is 0.331 e. The fourth-order valence-corrected chi connectivity index (χ4v) is 6.13. The highest BCUT2D eigenvalue weighted by atomic mass is 16.6. The highest BCUT2D eigenvalue weighted by Crippen LogP contribution is 2.51. The van der Waals surface area contributed by atoms with Gasteiger partial charge in [-0.15, -0.1) is 0 Å². The zero-order valence-corrected chi connectivity index (χ0v) is 27.0. The molecule has 0 heterocycles. The van der Waals surface area contributed by atoms with E-state index < -0.39 is 60.3 Å². The third kappa shape index (κ3) is 9.02. The first-order chi connectivity index (χ1) is 21.1. The number of hydrogen-bond donors (Lipinski definition) is 2. The zero-order chi connectivity index (χ0) is 33.5. The number of esters is 4. The number of aliphatic hydroxyl groups excluding tert-OH is 2. The van der Waals surface area contributed by atoms with E-state index in [-0.39, 0.29) is 23.7 Å². The van der Waals surface area contributed by atoms with E-state index >= 15 is 0 Å². The molecule has 10 heteroatoms. The maximum absolute atomic E-state index is 13.0. The molecule has 0 spiro atoms. The minimum Gasteiger partial charge on any atom is -0.458 e. The summed E-state index contributed by atoms with van der Waals surface area (Å²) in [6.45, 7) is 10.5. The second kappa shape index (κ2) is 15.3. The average molecular weight is 625 g/mol. The van der Waals surface area contributed by atoms with E-state index in [2.05, 4.69) is 0 Å². The Morgan fingerprint density at radius 2 is 1.53 bits per heavy atom. The van der Waals surface area contributed by atoms with Crippen molar-refractivity contribution in [2.75, 3.05) is 6.61 Å². The van der Waals surface area contributed by atoms with Crippen molar-refractivity contribution in [3.8, 4) is 0 Å². The molecule has 2 aliphatic carbocycles. The van der Waals surface area contributed by atoms with Crippen LogP contribution in [0.1, 0.15) is 73.3 Å². The van der Waals surface area contributed by atoms with Gasteiger partial charge in [0.15, 0.2) is 11.9 Å². The van der Waals surface area contributed by atoms with Crippen LogP contribution >= 0.6 is 0 Å². The molecule has 0 saturated heterocycles. The molecule has 0 radical (unpaired) electrons. The second-order valence-corrected chi connectivity index (χ2v) is 12.1. The predicted octanol–water partition coefficient (Wildman–Crippen LogP) is 4.75. The van der Waals surface area contributed by atoms with E-state index in [9.17, 15) is 29.4 Å². The molecular weight excluding hydrogens is 580 g/mol. The molecule has 3 rings (SSSR count). The molecule has 2 N–H and O–H groups in total. The van der Waals surface area contributed by atoms with Crippen LogP contribution < -0.4 is 0 Å². The zero-order valence-electron chi connectivity index (χ0n) is 27.0. The van der Waals surface area contributed by atoms with Crippen LogP contribution in [0.3, 0.4) is 0 Å². The van der Waals surface area contributed by atoms with Gasteiger partial charge in [0.2, 0.25) is 0 Å². The first-order valence-corrected chi connectivity index (χ1v) is 15.0. The van der Waals surface area contributed by atoms with Gasteiger partial charge in [-0.1, -0.05) is 50.3 Å². The van der Waals surface area contributed by atoms with Crippen molar-refractivity contribution in [1.29, 1.82) is 0 Å². The van der Waals surface area contributed by atoms with E-state index in [4.69, 9.17) is 18.9 Å². The molecule has 2 aliphatic rings. The summed E-state index contributed by atoms with van der Waals surface area (Å²) < 4.78 is 23.0. The number of fused-ring (bicyclic) bond motifs is 2. The molecule has 0 amide bonds. The largest absolute Gasteiger partial charge is 0.458 e. The van der Waals surface area contributed by atoms with Crippen molar-refractivity contribution < 1.29 is 48.3 Å². The fraction of sp³-hybridized carbons (Fsp3) is 0.486. The van der Waals surface area contributed by atoms with E-state index in [1.165, 1.54) is 33.8 Å². The van der Waals surface area contributed by atoms with E-state index in [1.807, 2.05) is 44.2 Å². The van der Waals surface area contributed by atoms with Gasteiger partial charge < -0.3 is 29.2 Å². The van der Waals surface area contributed by atoms with Crippen LogP contribution in [0.4, 0.5) is 0 Å². The van der Waals surface area contributed by atoms with Gasteiger partial charge in [0, 0.05) is 33.3 Å². The second-order valence-electron chi connectivity index (χ2n) is 12.1. The van der Waals surface area contributed by atoms with Gasteiger partial charge in [-0.3, -0.25) is 14.4 Å². The van der Waals surface area contributed by atoms with Crippen LogP contribution in [-0.2, 0) is 38.1 Å². The lowest BCUT2D eigenvalue weighted by Crippen LogP contribution is -2.44. The molecule has 5 atom stereocenters. The lowest BCUT2D eigenvalue weighted by atomic mass is 9.61. The minimum absolute atomic E-state index is 0.0843. The van der Waals surface area contributed by atoms with Crippen LogP contribution in [0.5, 0.6) is 0 Å². The summed E-state index contributed by atoms with van der Waals surface area (Å²) in [5.74, 6) is -2.84. The monoisotopic (exact) mass is 624 g/mol. The van der Waals surface area contributed by atoms with Crippen LogP contribution in [0.2, 0.25) is 0 Å². The molecule has 45 heavy (non-hydrogen) atoms. The van der Waals surface area contributed by atoms with Crippen molar-refractivity contribution in [1.82, 2.24) is 0 Å². The Bertz CT molecular complexity index is 1400. The average Bonchev–Trinajstić information content (AvgIpc) is 2.95. The number of carbonyl (C=O) groups excluding carboxylic acids is 4. The Balaban J connectivity index is 2.22. The molecule has 1 aromatic carbocycles. The van der Waals surface area contributed by atoms with E-state index in [0.717, 1.165) is 5.56 Å². The van der Waals surface area contributed by atoms with Crippen LogP contribution in [-0.4, -0.2) is 65.1 Å². The lowest BCUT2D eigenvalue weighted by molar-refractivity contribution is -0.151. The number of benzene rings is 1. The fourth-order valence-electron chi connectivity index (χ4n) is 6.13. The summed E-state index contributed by atoms with van der Waals surface area (Å²) >= 11 is 0. The molecule has 0 unspecified atom stereocenters. The van der Waals surface area contributed by atoms with Gasteiger partial charge in [0.1, 0.15) is 12.2 Å². The third-order valence-electron chi connectivity index (χ3n) is 8.52. The van der Waals surface area contributed by atoms with E-state index in [1.54, 1.807) is 19.1 Å². The summed E-state index contributed by atoms with van der Waals surface area (Å²) in [4.78, 5) is 50.0. The van der Waals surface area contributed by atoms with Crippen LogP contribution in [0, 0.1) is 11.3 Å². The topological polar surface area (TPSA) is 146 Å². The molecule has 1 aromatic rings. The summed E-state index contributed by atoms with van der Waals surface area (Å²) in [6.07, 6.45) is 0.946. The molecule has 0 aromatic heterocycles. The van der Waals surface area contributed by atoms with Crippen LogP contribution in [0.25, 0.3) is 6.08 Å². The Morgan fingerprint density at radius 3 is 2.11 bits per heavy atom. The van der Waals surface area contributed by atoms with Gasteiger partial charge in [-0.25, -0.2) is 4.79 Å². The van der Waals surface area contributed by atoms with Gasteiger partial charge in [-0.2, -0.15) is 0 Å². The maximum atomic E-state index is 13.0. The van der Waals surface area contributed by atoms with Crippen molar-refractivity contribution in [3.05, 3.63) is 76.1 Å². The van der Waals surface area contributed by atoms with Crippen LogP contribution in [0.15, 0.2) is 70.5 Å². The lowest BCUT2D eigenvalue weighted by Gasteiger charge is -2.47. The molecule has 2 bridgehead atoms. The Kier molecular flexibility index (Phi) is 12.1. The van der Waals surface area contributed by atoms with Gasteiger partial charge in [-0.05, 0) is 72.0 Å². The molecule has 244 valence electrons. The number of carbonyl (C=O) groups is 4.